The molecule has 1 fully saturated rings. The third-order valence-electron chi connectivity index (χ3n) is 3.46. The van der Waals surface area contributed by atoms with Gasteiger partial charge in [0, 0.05) is 12.2 Å². The van der Waals surface area contributed by atoms with Gasteiger partial charge in [0.2, 0.25) is 5.91 Å². The zero-order chi connectivity index (χ0) is 12.3. The Hall–Kier alpha value is -1.35. The molecule has 2 rings (SSSR count). The van der Waals surface area contributed by atoms with Crippen molar-refractivity contribution in [3.05, 3.63) is 30.3 Å². The van der Waals surface area contributed by atoms with Crippen molar-refractivity contribution in [2.75, 3.05) is 25.0 Å². The fourth-order valence-corrected chi connectivity index (χ4v) is 2.48. The summed E-state index contributed by atoms with van der Waals surface area (Å²) in [4.78, 5) is 16.5. The molecule has 0 radical (unpaired) electrons. The minimum Gasteiger partial charge on any atom is -0.311 e. The van der Waals surface area contributed by atoms with Gasteiger partial charge in [0.1, 0.15) is 0 Å². The van der Waals surface area contributed by atoms with Gasteiger partial charge >= 0.3 is 0 Å². The van der Waals surface area contributed by atoms with Crippen molar-refractivity contribution in [2.24, 2.45) is 0 Å². The van der Waals surface area contributed by atoms with Crippen molar-refractivity contribution in [1.82, 2.24) is 4.90 Å². The Labute approximate surface area is 103 Å². The molecule has 0 spiro atoms. The van der Waals surface area contributed by atoms with E-state index < -0.39 is 0 Å². The highest BCUT2D eigenvalue weighted by atomic mass is 16.2. The van der Waals surface area contributed by atoms with Gasteiger partial charge in [-0.15, -0.1) is 0 Å². The number of nitrogens with zero attached hydrogens (tertiary/aromatic N) is 2. The van der Waals surface area contributed by atoms with E-state index in [0.717, 1.165) is 31.6 Å². The smallest absolute Gasteiger partial charge is 0.244 e. The average molecular weight is 232 g/mol. The number of carbonyl (C=O) groups excluding carboxylic acids is 1. The molecule has 0 bridgehead atoms. The molecule has 3 heteroatoms. The molecule has 1 aliphatic heterocycles. The number of hydrogen-bond acceptors (Lipinski definition) is 2. The van der Waals surface area contributed by atoms with Gasteiger partial charge in [-0.25, -0.2) is 0 Å². The Bertz CT molecular complexity index is 377. The Morgan fingerprint density at radius 3 is 2.65 bits per heavy atom. The highest BCUT2D eigenvalue weighted by Gasteiger charge is 2.31. The van der Waals surface area contributed by atoms with Crippen LogP contribution in [0.4, 0.5) is 5.69 Å². The number of carbonyl (C=O) groups is 1. The molecule has 0 aromatic heterocycles. The summed E-state index contributed by atoms with van der Waals surface area (Å²) in [7, 11) is 2.04. The van der Waals surface area contributed by atoms with Gasteiger partial charge in [0.05, 0.1) is 6.04 Å². The van der Waals surface area contributed by atoms with Crippen LogP contribution in [0.25, 0.3) is 0 Å². The predicted octanol–water partition coefficient (Wildman–Crippen LogP) is 2.13. The van der Waals surface area contributed by atoms with E-state index in [1.54, 1.807) is 0 Å². The maximum Gasteiger partial charge on any atom is 0.244 e. The number of likely N-dealkylation sites (N-methyl/N-ethyl adjacent to an activating group) is 2. The number of hydrogen-bond donors (Lipinski definition) is 0. The van der Waals surface area contributed by atoms with Crippen LogP contribution in [-0.4, -0.2) is 37.0 Å². The molecule has 1 aliphatic rings. The number of amides is 1. The minimum absolute atomic E-state index is 0.0650. The first-order chi connectivity index (χ1) is 8.24. The van der Waals surface area contributed by atoms with Crippen LogP contribution in [-0.2, 0) is 4.79 Å². The van der Waals surface area contributed by atoms with Crippen LogP contribution in [0, 0.1) is 0 Å². The summed E-state index contributed by atoms with van der Waals surface area (Å²) in [5.41, 5.74) is 1.00. The van der Waals surface area contributed by atoms with E-state index in [0.29, 0.717) is 0 Å². The van der Waals surface area contributed by atoms with Gasteiger partial charge in [0.25, 0.3) is 0 Å². The molecule has 0 N–H and O–H groups in total. The zero-order valence-electron chi connectivity index (χ0n) is 10.6. The first kappa shape index (κ1) is 12.1. The molecular weight excluding hydrogens is 212 g/mol. The molecule has 3 nitrogen and oxygen atoms in total. The van der Waals surface area contributed by atoms with E-state index >= 15 is 0 Å². The third-order valence-corrected chi connectivity index (χ3v) is 3.46. The molecule has 1 aromatic carbocycles. The number of rotatable bonds is 3. The summed E-state index contributed by atoms with van der Waals surface area (Å²) in [5.74, 6) is 0.235. The summed E-state index contributed by atoms with van der Waals surface area (Å²) in [5, 5.41) is 0. The summed E-state index contributed by atoms with van der Waals surface area (Å²) in [6, 6.07) is 9.99. The van der Waals surface area contributed by atoms with E-state index in [4.69, 9.17) is 0 Å². The van der Waals surface area contributed by atoms with Gasteiger partial charge in [-0.1, -0.05) is 18.2 Å². The van der Waals surface area contributed by atoms with Crippen LogP contribution < -0.4 is 4.90 Å². The quantitative estimate of drug-likeness (QED) is 0.797. The molecule has 0 saturated carbocycles. The SMILES string of the molecule is CCN(C(=O)C1CCCN1C)c1ccccc1. The lowest BCUT2D eigenvalue weighted by Crippen LogP contribution is -2.44. The van der Waals surface area contributed by atoms with Crippen molar-refractivity contribution in [3.8, 4) is 0 Å². The second-order valence-corrected chi connectivity index (χ2v) is 4.56. The van der Waals surface area contributed by atoms with Crippen molar-refractivity contribution >= 4 is 11.6 Å². The Balaban J connectivity index is 2.16. The van der Waals surface area contributed by atoms with Crippen LogP contribution in [0.15, 0.2) is 30.3 Å². The maximum atomic E-state index is 12.5. The topological polar surface area (TPSA) is 23.6 Å². The molecule has 17 heavy (non-hydrogen) atoms. The first-order valence-electron chi connectivity index (χ1n) is 6.30. The van der Waals surface area contributed by atoms with Gasteiger partial charge < -0.3 is 4.90 Å². The van der Waals surface area contributed by atoms with Crippen LogP contribution in [0.1, 0.15) is 19.8 Å². The first-order valence-corrected chi connectivity index (χ1v) is 6.30. The van der Waals surface area contributed by atoms with E-state index in [1.807, 2.05) is 49.2 Å². The Kier molecular flexibility index (Phi) is 3.79. The fraction of sp³-hybridized carbons (Fsp3) is 0.500. The zero-order valence-corrected chi connectivity index (χ0v) is 10.6. The highest BCUT2D eigenvalue weighted by Crippen LogP contribution is 2.21. The van der Waals surface area contributed by atoms with E-state index in [9.17, 15) is 4.79 Å². The Morgan fingerprint density at radius 1 is 1.41 bits per heavy atom. The van der Waals surface area contributed by atoms with E-state index in [2.05, 4.69) is 4.90 Å². The fourth-order valence-electron chi connectivity index (χ4n) is 2.48. The Morgan fingerprint density at radius 2 is 2.12 bits per heavy atom. The average Bonchev–Trinajstić information content (AvgIpc) is 2.77. The van der Waals surface area contributed by atoms with Crippen LogP contribution in [0.5, 0.6) is 0 Å². The minimum atomic E-state index is 0.0650. The summed E-state index contributed by atoms with van der Waals surface area (Å²) in [6.07, 6.45) is 2.11. The number of anilines is 1. The van der Waals surface area contributed by atoms with Crippen molar-refractivity contribution in [1.29, 1.82) is 0 Å². The number of benzene rings is 1. The molecule has 1 heterocycles. The van der Waals surface area contributed by atoms with Gasteiger partial charge in [-0.05, 0) is 45.5 Å². The normalized spacial score (nSPS) is 20.5. The monoisotopic (exact) mass is 232 g/mol. The standard InChI is InChI=1S/C14H20N2O/c1-3-16(12-8-5-4-6-9-12)14(17)13-10-7-11-15(13)2/h4-6,8-9,13H,3,7,10-11H2,1-2H3. The molecule has 1 amide bonds. The molecule has 0 aliphatic carbocycles. The maximum absolute atomic E-state index is 12.5. The summed E-state index contributed by atoms with van der Waals surface area (Å²) < 4.78 is 0. The van der Waals surface area contributed by atoms with E-state index in [1.165, 1.54) is 0 Å². The molecule has 1 aromatic rings. The summed E-state index contributed by atoms with van der Waals surface area (Å²) >= 11 is 0. The van der Waals surface area contributed by atoms with Gasteiger partial charge in [0.15, 0.2) is 0 Å². The lowest BCUT2D eigenvalue weighted by Gasteiger charge is -2.27. The number of para-hydroxylation sites is 1. The highest BCUT2D eigenvalue weighted by molar-refractivity contribution is 5.97. The third kappa shape index (κ3) is 2.50. The van der Waals surface area contributed by atoms with Crippen molar-refractivity contribution in [3.63, 3.8) is 0 Å². The second-order valence-electron chi connectivity index (χ2n) is 4.56. The van der Waals surface area contributed by atoms with Gasteiger partial charge in [-0.3, -0.25) is 9.69 Å². The second kappa shape index (κ2) is 5.32. The molecule has 1 saturated heterocycles. The lowest BCUT2D eigenvalue weighted by molar-refractivity contribution is -0.122. The molecule has 1 atom stereocenters. The van der Waals surface area contributed by atoms with Gasteiger partial charge in [-0.2, -0.15) is 0 Å². The van der Waals surface area contributed by atoms with Crippen molar-refractivity contribution in [2.45, 2.75) is 25.8 Å². The molecule has 92 valence electrons. The number of likely N-dealkylation sites (tertiary alicyclic amines) is 1. The molecule has 1 unspecified atom stereocenters. The largest absolute Gasteiger partial charge is 0.311 e. The molecular formula is C14H20N2O. The predicted molar refractivity (Wildman–Crippen MR) is 70.1 cm³/mol. The van der Waals surface area contributed by atoms with Crippen LogP contribution in [0.2, 0.25) is 0 Å². The van der Waals surface area contributed by atoms with Crippen LogP contribution in [0.3, 0.4) is 0 Å². The van der Waals surface area contributed by atoms with Crippen LogP contribution >= 0.6 is 0 Å². The van der Waals surface area contributed by atoms with E-state index in [-0.39, 0.29) is 11.9 Å². The lowest BCUT2D eigenvalue weighted by atomic mass is 10.1. The van der Waals surface area contributed by atoms with Crippen molar-refractivity contribution < 1.29 is 4.79 Å². The summed E-state index contributed by atoms with van der Waals surface area (Å²) in [6.45, 7) is 3.79.